The van der Waals surface area contributed by atoms with E-state index in [2.05, 4.69) is 9.05 Å². The van der Waals surface area contributed by atoms with Crippen molar-refractivity contribution in [2.24, 2.45) is 0 Å². The minimum atomic E-state index is -3.78. The van der Waals surface area contributed by atoms with Crippen LogP contribution in [0.3, 0.4) is 0 Å². The first-order valence-electron chi connectivity index (χ1n) is 2.40. The van der Waals surface area contributed by atoms with Crippen LogP contribution in [0.15, 0.2) is 0 Å². The van der Waals surface area contributed by atoms with E-state index in [4.69, 9.17) is 10.00 Å². The summed E-state index contributed by atoms with van der Waals surface area (Å²) in [6.45, 7) is -0.297. The van der Waals surface area contributed by atoms with Crippen molar-refractivity contribution < 1.29 is 23.6 Å². The molecular weight excluding hydrogens is 147 g/mol. The number of hydrogen-bond donors (Lipinski definition) is 2. The molecule has 1 saturated heterocycles. The molecule has 9 heavy (non-hydrogen) atoms. The SMILES string of the molecule is O=P1(O)OC[C@@H](CO)O1. The van der Waals surface area contributed by atoms with E-state index < -0.39 is 13.9 Å². The van der Waals surface area contributed by atoms with Gasteiger partial charge in [0.05, 0.1) is 13.2 Å². The summed E-state index contributed by atoms with van der Waals surface area (Å²) < 4.78 is 19.0. The van der Waals surface area contributed by atoms with E-state index in [0.29, 0.717) is 0 Å². The van der Waals surface area contributed by atoms with Gasteiger partial charge < -0.3 is 10.00 Å². The van der Waals surface area contributed by atoms with Gasteiger partial charge in [-0.1, -0.05) is 0 Å². The Morgan fingerprint density at radius 1 is 1.78 bits per heavy atom. The topological polar surface area (TPSA) is 76.0 Å². The normalized spacial score (nSPS) is 43.6. The van der Waals surface area contributed by atoms with Crippen molar-refractivity contribution in [2.45, 2.75) is 6.10 Å². The Morgan fingerprint density at radius 3 is 2.67 bits per heavy atom. The van der Waals surface area contributed by atoms with E-state index in [0.717, 1.165) is 0 Å². The Kier molecular flexibility index (Phi) is 1.88. The van der Waals surface area contributed by atoms with Crippen LogP contribution in [0, 0.1) is 0 Å². The first kappa shape index (κ1) is 7.18. The predicted molar refractivity (Wildman–Crippen MR) is 27.7 cm³/mol. The molecule has 0 aromatic carbocycles. The van der Waals surface area contributed by atoms with E-state index in [-0.39, 0.29) is 13.2 Å². The lowest BCUT2D eigenvalue weighted by molar-refractivity contribution is 0.128. The van der Waals surface area contributed by atoms with Gasteiger partial charge in [-0.05, 0) is 0 Å². The molecule has 0 aromatic rings. The number of aliphatic hydroxyl groups excluding tert-OH is 1. The molecule has 6 heteroatoms. The van der Waals surface area contributed by atoms with Crippen molar-refractivity contribution in [3.8, 4) is 0 Å². The van der Waals surface area contributed by atoms with E-state index in [1.165, 1.54) is 0 Å². The molecule has 1 aliphatic heterocycles. The number of phosphoric acid groups is 1. The molecule has 5 nitrogen and oxygen atoms in total. The highest BCUT2D eigenvalue weighted by Crippen LogP contribution is 2.49. The summed E-state index contributed by atoms with van der Waals surface area (Å²) in [6.07, 6.45) is -0.638. The molecule has 0 aromatic heterocycles. The van der Waals surface area contributed by atoms with E-state index in [1.54, 1.807) is 0 Å². The summed E-state index contributed by atoms with van der Waals surface area (Å²) in [4.78, 5) is 8.50. The Morgan fingerprint density at radius 2 is 2.44 bits per heavy atom. The van der Waals surface area contributed by atoms with Gasteiger partial charge in [0.2, 0.25) is 0 Å². The maximum atomic E-state index is 10.4. The lowest BCUT2D eigenvalue weighted by Crippen LogP contribution is -2.13. The lowest BCUT2D eigenvalue weighted by Gasteiger charge is -2.00. The second-order valence-corrected chi connectivity index (χ2v) is 3.08. The zero-order chi connectivity index (χ0) is 6.91. The molecule has 1 rings (SSSR count). The largest absolute Gasteiger partial charge is 0.472 e. The van der Waals surface area contributed by atoms with Crippen molar-refractivity contribution in [1.82, 2.24) is 0 Å². The molecule has 54 valence electrons. The third-order valence-corrected chi connectivity index (χ3v) is 1.95. The Balaban J connectivity index is 2.47. The van der Waals surface area contributed by atoms with E-state index in [1.807, 2.05) is 0 Å². The smallest absolute Gasteiger partial charge is 0.394 e. The molecule has 2 N–H and O–H groups in total. The molecular formula is C3H7O5P. The van der Waals surface area contributed by atoms with E-state index in [9.17, 15) is 4.57 Å². The van der Waals surface area contributed by atoms with Crippen LogP contribution in [-0.2, 0) is 13.6 Å². The molecule has 2 atom stereocenters. The van der Waals surface area contributed by atoms with Crippen LogP contribution in [0.1, 0.15) is 0 Å². The van der Waals surface area contributed by atoms with Gasteiger partial charge in [0.1, 0.15) is 6.10 Å². The maximum absolute atomic E-state index is 10.4. The molecule has 1 fully saturated rings. The highest BCUT2D eigenvalue weighted by atomic mass is 31.2. The highest BCUT2D eigenvalue weighted by molar-refractivity contribution is 7.47. The summed E-state index contributed by atoms with van der Waals surface area (Å²) in [5.74, 6) is 0. The third-order valence-electron chi connectivity index (χ3n) is 0.909. The summed E-state index contributed by atoms with van der Waals surface area (Å²) in [5, 5.41) is 8.36. The van der Waals surface area contributed by atoms with Gasteiger partial charge in [-0.15, -0.1) is 0 Å². The average Bonchev–Trinajstić information content (AvgIpc) is 2.10. The van der Waals surface area contributed by atoms with Gasteiger partial charge >= 0.3 is 7.82 Å². The minimum Gasteiger partial charge on any atom is -0.394 e. The molecule has 0 amide bonds. The third kappa shape index (κ3) is 1.74. The zero-order valence-electron chi connectivity index (χ0n) is 4.56. The second kappa shape index (κ2) is 2.36. The molecule has 0 radical (unpaired) electrons. The number of rotatable bonds is 1. The first-order chi connectivity index (χ1) is 4.14. The monoisotopic (exact) mass is 154 g/mol. The first-order valence-corrected chi connectivity index (χ1v) is 3.90. The molecule has 1 aliphatic rings. The fourth-order valence-corrected chi connectivity index (χ4v) is 1.43. The van der Waals surface area contributed by atoms with E-state index >= 15 is 0 Å². The van der Waals surface area contributed by atoms with Crippen LogP contribution in [0.5, 0.6) is 0 Å². The molecule has 0 spiro atoms. The fourth-order valence-electron chi connectivity index (χ4n) is 0.513. The summed E-state index contributed by atoms with van der Waals surface area (Å²) >= 11 is 0. The number of hydrogen-bond acceptors (Lipinski definition) is 4. The number of phosphoric ester groups is 1. The van der Waals surface area contributed by atoms with Crippen LogP contribution >= 0.6 is 7.82 Å². The number of aliphatic hydroxyl groups is 1. The van der Waals surface area contributed by atoms with Crippen LogP contribution in [0.4, 0.5) is 0 Å². The van der Waals surface area contributed by atoms with Crippen molar-refractivity contribution in [2.75, 3.05) is 13.2 Å². The Labute approximate surface area is 51.8 Å². The Hall–Kier alpha value is 0.0700. The quantitative estimate of drug-likeness (QED) is 0.497. The summed E-state index contributed by atoms with van der Waals surface area (Å²) in [6, 6.07) is 0. The van der Waals surface area contributed by atoms with Crippen LogP contribution in [0.25, 0.3) is 0 Å². The van der Waals surface area contributed by atoms with Gasteiger partial charge in [0.25, 0.3) is 0 Å². The summed E-state index contributed by atoms with van der Waals surface area (Å²) in [7, 11) is -3.78. The minimum absolute atomic E-state index is 0.00965. The lowest BCUT2D eigenvalue weighted by atomic mass is 10.4. The predicted octanol–water partition coefficient (Wildman–Crippen LogP) is -0.506. The zero-order valence-corrected chi connectivity index (χ0v) is 5.45. The van der Waals surface area contributed by atoms with Crippen LogP contribution in [0.2, 0.25) is 0 Å². The van der Waals surface area contributed by atoms with Gasteiger partial charge in [-0.3, -0.25) is 9.05 Å². The molecule has 0 saturated carbocycles. The van der Waals surface area contributed by atoms with Crippen LogP contribution in [-0.4, -0.2) is 29.3 Å². The van der Waals surface area contributed by atoms with Gasteiger partial charge in [0.15, 0.2) is 0 Å². The standard InChI is InChI=1S/C3H7O5P/c4-1-3-2-7-9(5,6)8-3/h3-4H,1-2H2,(H,5,6)/t3-/m1/s1. The molecule has 0 bridgehead atoms. The molecule has 1 heterocycles. The van der Waals surface area contributed by atoms with Gasteiger partial charge in [0, 0.05) is 0 Å². The molecule has 0 aliphatic carbocycles. The summed E-state index contributed by atoms with van der Waals surface area (Å²) in [5.41, 5.74) is 0. The van der Waals surface area contributed by atoms with Crippen molar-refractivity contribution >= 4 is 7.82 Å². The van der Waals surface area contributed by atoms with Gasteiger partial charge in [-0.25, -0.2) is 4.57 Å². The van der Waals surface area contributed by atoms with Crippen LogP contribution < -0.4 is 0 Å². The van der Waals surface area contributed by atoms with Crippen molar-refractivity contribution in [3.63, 3.8) is 0 Å². The average molecular weight is 154 g/mol. The Bertz CT molecular complexity index is 145. The highest BCUT2D eigenvalue weighted by Gasteiger charge is 2.34. The second-order valence-electron chi connectivity index (χ2n) is 1.67. The molecule has 1 unspecified atom stereocenters. The van der Waals surface area contributed by atoms with Crippen molar-refractivity contribution in [3.05, 3.63) is 0 Å². The van der Waals surface area contributed by atoms with Crippen molar-refractivity contribution in [1.29, 1.82) is 0 Å². The van der Waals surface area contributed by atoms with Gasteiger partial charge in [-0.2, -0.15) is 0 Å². The fraction of sp³-hybridized carbons (Fsp3) is 1.00. The maximum Gasteiger partial charge on any atom is 0.472 e.